The molecule has 4 heteroatoms. The van der Waals surface area contributed by atoms with Gasteiger partial charge in [-0.25, -0.2) is 0 Å². The Labute approximate surface area is 125 Å². The van der Waals surface area contributed by atoms with Gasteiger partial charge >= 0.3 is 5.97 Å². The van der Waals surface area contributed by atoms with Crippen molar-refractivity contribution in [1.82, 2.24) is 0 Å². The average Bonchev–Trinajstić information content (AvgIpc) is 2.35. The van der Waals surface area contributed by atoms with Crippen LogP contribution in [0.25, 0.3) is 0 Å². The van der Waals surface area contributed by atoms with Gasteiger partial charge in [-0.1, -0.05) is 12.1 Å². The Bertz CT molecular complexity index is 458. The van der Waals surface area contributed by atoms with E-state index >= 15 is 0 Å². The highest BCUT2D eigenvalue weighted by Crippen LogP contribution is 2.16. The van der Waals surface area contributed by atoms with E-state index < -0.39 is 5.60 Å². The van der Waals surface area contributed by atoms with Crippen molar-refractivity contribution in [2.24, 2.45) is 0 Å². The summed E-state index contributed by atoms with van der Waals surface area (Å²) < 4.78 is 5.17. The minimum absolute atomic E-state index is 0.0627. The summed E-state index contributed by atoms with van der Waals surface area (Å²) in [6.45, 7) is 5.46. The van der Waals surface area contributed by atoms with Gasteiger partial charge in [-0.3, -0.25) is 9.59 Å². The fourth-order valence-corrected chi connectivity index (χ4v) is 2.10. The number of benzene rings is 1. The largest absolute Gasteiger partial charge is 0.460 e. The first kappa shape index (κ1) is 16.8. The Kier molecular flexibility index (Phi) is 6.27. The molecular weight excluding hydrogens is 272 g/mol. The fourth-order valence-electron chi connectivity index (χ4n) is 1.69. The van der Waals surface area contributed by atoms with Gasteiger partial charge in [-0.05, 0) is 44.7 Å². The van der Waals surface area contributed by atoms with Crippen LogP contribution in [0, 0.1) is 0 Å². The second-order valence-corrected chi connectivity index (χ2v) is 6.53. The summed E-state index contributed by atoms with van der Waals surface area (Å²) in [6, 6.07) is 7.91. The van der Waals surface area contributed by atoms with Crippen molar-refractivity contribution in [3.8, 4) is 0 Å². The number of esters is 1. The number of ether oxygens (including phenoxy) is 1. The molecule has 3 nitrogen and oxygen atoms in total. The molecule has 0 saturated heterocycles. The van der Waals surface area contributed by atoms with Crippen molar-refractivity contribution < 1.29 is 14.3 Å². The van der Waals surface area contributed by atoms with Crippen molar-refractivity contribution in [2.75, 3.05) is 6.26 Å². The Morgan fingerprint density at radius 2 is 1.70 bits per heavy atom. The highest BCUT2D eigenvalue weighted by Gasteiger charge is 2.17. The number of carbonyl (C=O) groups excluding carboxylic acids is 2. The van der Waals surface area contributed by atoms with E-state index in [1.165, 1.54) is 4.90 Å². The molecule has 0 N–H and O–H groups in total. The summed E-state index contributed by atoms with van der Waals surface area (Å²) >= 11 is 1.67. The van der Waals surface area contributed by atoms with Crippen LogP contribution >= 0.6 is 11.8 Å². The van der Waals surface area contributed by atoms with Gasteiger partial charge in [0.2, 0.25) is 0 Å². The first-order valence-electron chi connectivity index (χ1n) is 6.66. The van der Waals surface area contributed by atoms with Gasteiger partial charge in [-0.2, -0.15) is 0 Å². The van der Waals surface area contributed by atoms with Gasteiger partial charge in [0.1, 0.15) is 11.4 Å². The molecule has 0 aliphatic heterocycles. The van der Waals surface area contributed by atoms with E-state index in [-0.39, 0.29) is 24.6 Å². The van der Waals surface area contributed by atoms with Crippen LogP contribution in [0.4, 0.5) is 0 Å². The molecule has 0 heterocycles. The first-order valence-corrected chi connectivity index (χ1v) is 7.89. The van der Waals surface area contributed by atoms with Gasteiger partial charge < -0.3 is 4.74 Å². The quantitative estimate of drug-likeness (QED) is 0.593. The van der Waals surface area contributed by atoms with E-state index in [1.807, 2.05) is 51.3 Å². The average molecular weight is 294 g/mol. The highest BCUT2D eigenvalue weighted by atomic mass is 32.2. The maximum atomic E-state index is 11.8. The van der Waals surface area contributed by atoms with Crippen molar-refractivity contribution in [1.29, 1.82) is 0 Å². The molecule has 1 aromatic rings. The lowest BCUT2D eigenvalue weighted by Crippen LogP contribution is -2.24. The Balaban J connectivity index is 2.38. The van der Waals surface area contributed by atoms with Crippen LogP contribution in [0.1, 0.15) is 39.2 Å². The summed E-state index contributed by atoms with van der Waals surface area (Å²) in [6.07, 6.45) is 2.77. The number of ketones is 1. The SMILES string of the molecule is CSc1ccc(CC(=O)CCC(=O)OC(C)(C)C)cc1. The molecule has 0 saturated carbocycles. The third kappa shape index (κ3) is 6.75. The van der Waals surface area contributed by atoms with Crippen LogP contribution in [0.3, 0.4) is 0 Å². The molecule has 0 atom stereocenters. The molecule has 0 aliphatic carbocycles. The summed E-state index contributed by atoms with van der Waals surface area (Å²) in [7, 11) is 0. The molecule has 0 radical (unpaired) electrons. The molecule has 0 spiro atoms. The molecule has 0 fully saturated rings. The molecule has 1 rings (SSSR count). The smallest absolute Gasteiger partial charge is 0.306 e. The predicted molar refractivity (Wildman–Crippen MR) is 82.0 cm³/mol. The van der Waals surface area contributed by atoms with Crippen LogP contribution in [-0.4, -0.2) is 23.6 Å². The number of hydrogen-bond acceptors (Lipinski definition) is 4. The van der Waals surface area contributed by atoms with E-state index in [1.54, 1.807) is 11.8 Å². The topological polar surface area (TPSA) is 43.4 Å². The number of Topliss-reactive ketones (excluding diaryl/α,β-unsaturated/α-hetero) is 1. The van der Waals surface area contributed by atoms with Crippen molar-refractivity contribution in [2.45, 2.75) is 50.5 Å². The lowest BCUT2D eigenvalue weighted by molar-refractivity contribution is -0.155. The Morgan fingerprint density at radius 1 is 1.10 bits per heavy atom. The second kappa shape index (κ2) is 7.48. The molecule has 0 unspecified atom stereocenters. The zero-order valence-corrected chi connectivity index (χ0v) is 13.4. The molecule has 0 aliphatic rings. The predicted octanol–water partition coefficient (Wildman–Crippen LogP) is 3.64. The van der Waals surface area contributed by atoms with E-state index in [9.17, 15) is 9.59 Å². The lowest BCUT2D eigenvalue weighted by Gasteiger charge is -2.19. The third-order valence-electron chi connectivity index (χ3n) is 2.59. The van der Waals surface area contributed by atoms with Gasteiger partial charge in [0, 0.05) is 17.7 Å². The Hall–Kier alpha value is -1.29. The van der Waals surface area contributed by atoms with Crippen molar-refractivity contribution in [3.63, 3.8) is 0 Å². The van der Waals surface area contributed by atoms with E-state index in [2.05, 4.69) is 0 Å². The highest BCUT2D eigenvalue weighted by molar-refractivity contribution is 7.98. The summed E-state index contributed by atoms with van der Waals surface area (Å²) in [4.78, 5) is 24.5. The lowest BCUT2D eigenvalue weighted by atomic mass is 10.1. The van der Waals surface area contributed by atoms with E-state index in [0.717, 1.165) is 5.56 Å². The number of carbonyl (C=O) groups is 2. The van der Waals surface area contributed by atoms with Crippen molar-refractivity contribution in [3.05, 3.63) is 29.8 Å². The minimum atomic E-state index is -0.492. The molecule has 20 heavy (non-hydrogen) atoms. The molecule has 0 bridgehead atoms. The van der Waals surface area contributed by atoms with E-state index in [4.69, 9.17) is 4.74 Å². The van der Waals surface area contributed by atoms with Crippen LogP contribution in [0.5, 0.6) is 0 Å². The standard InChI is InChI=1S/C16H22O3S/c1-16(2,3)19-15(18)10-7-13(17)11-12-5-8-14(20-4)9-6-12/h5-6,8-9H,7,10-11H2,1-4H3. The van der Waals surface area contributed by atoms with Crippen LogP contribution in [-0.2, 0) is 20.7 Å². The maximum absolute atomic E-state index is 11.8. The van der Waals surface area contributed by atoms with Crippen LogP contribution in [0.15, 0.2) is 29.2 Å². The minimum Gasteiger partial charge on any atom is -0.460 e. The molecule has 0 amide bonds. The summed E-state index contributed by atoms with van der Waals surface area (Å²) in [5.41, 5.74) is 0.491. The van der Waals surface area contributed by atoms with Crippen LogP contribution in [0.2, 0.25) is 0 Å². The number of rotatable bonds is 6. The fraction of sp³-hybridized carbons (Fsp3) is 0.500. The first-order chi connectivity index (χ1) is 9.30. The van der Waals surface area contributed by atoms with Gasteiger partial charge in [-0.15, -0.1) is 11.8 Å². The second-order valence-electron chi connectivity index (χ2n) is 5.65. The molecular formula is C16H22O3S. The van der Waals surface area contributed by atoms with Crippen molar-refractivity contribution >= 4 is 23.5 Å². The van der Waals surface area contributed by atoms with Gasteiger partial charge in [0.05, 0.1) is 6.42 Å². The zero-order chi connectivity index (χ0) is 15.2. The van der Waals surface area contributed by atoms with Gasteiger partial charge in [0.15, 0.2) is 0 Å². The summed E-state index contributed by atoms with van der Waals surface area (Å²) in [5.74, 6) is -0.253. The normalized spacial score (nSPS) is 11.2. The van der Waals surface area contributed by atoms with Gasteiger partial charge in [0.25, 0.3) is 0 Å². The molecule has 1 aromatic carbocycles. The zero-order valence-electron chi connectivity index (χ0n) is 12.6. The third-order valence-corrected chi connectivity index (χ3v) is 3.33. The molecule has 110 valence electrons. The Morgan fingerprint density at radius 3 is 2.20 bits per heavy atom. The monoisotopic (exact) mass is 294 g/mol. The number of thioether (sulfide) groups is 1. The van der Waals surface area contributed by atoms with E-state index in [0.29, 0.717) is 6.42 Å². The summed E-state index contributed by atoms with van der Waals surface area (Å²) in [5, 5.41) is 0. The maximum Gasteiger partial charge on any atom is 0.306 e. The number of hydrogen-bond donors (Lipinski definition) is 0. The molecule has 0 aromatic heterocycles. The van der Waals surface area contributed by atoms with Crippen LogP contribution < -0.4 is 0 Å².